The van der Waals surface area contributed by atoms with Crippen LogP contribution in [0.5, 0.6) is 0 Å². The van der Waals surface area contributed by atoms with E-state index in [2.05, 4.69) is 56.0 Å². The van der Waals surface area contributed by atoms with Crippen molar-refractivity contribution in [2.75, 3.05) is 6.54 Å². The van der Waals surface area contributed by atoms with Gasteiger partial charge in [-0.2, -0.15) is 0 Å². The van der Waals surface area contributed by atoms with Crippen molar-refractivity contribution in [1.29, 1.82) is 0 Å². The van der Waals surface area contributed by atoms with Gasteiger partial charge < -0.3 is 4.90 Å². The monoisotopic (exact) mass is 285 g/mol. The molecule has 0 bridgehead atoms. The fourth-order valence-corrected chi connectivity index (χ4v) is 4.20. The highest BCUT2D eigenvalue weighted by Gasteiger charge is 2.46. The number of hydrogen-bond donors (Lipinski definition) is 0. The van der Waals surface area contributed by atoms with Crippen molar-refractivity contribution in [2.24, 2.45) is 11.3 Å². The van der Waals surface area contributed by atoms with Crippen LogP contribution in [0.3, 0.4) is 0 Å². The van der Waals surface area contributed by atoms with E-state index in [9.17, 15) is 4.79 Å². The van der Waals surface area contributed by atoms with E-state index in [-0.39, 0.29) is 5.41 Å². The highest BCUT2D eigenvalue weighted by atomic mass is 16.2. The number of fused-ring (bicyclic) bond motifs is 1. The minimum atomic E-state index is 0.0794. The molecular weight excluding hydrogens is 258 g/mol. The average molecular weight is 285 g/mol. The minimum Gasteiger partial charge on any atom is -0.339 e. The number of carbonyl (C=O) groups excluding carboxylic acids is 1. The van der Waals surface area contributed by atoms with E-state index >= 15 is 0 Å². The lowest BCUT2D eigenvalue weighted by Gasteiger charge is -2.27. The Morgan fingerprint density at radius 2 is 1.90 bits per heavy atom. The highest BCUT2D eigenvalue weighted by molar-refractivity contribution is 5.77. The molecule has 1 heterocycles. The van der Waals surface area contributed by atoms with Crippen LogP contribution in [-0.4, -0.2) is 23.4 Å². The Bertz CT molecular complexity index is 502. The van der Waals surface area contributed by atoms with E-state index in [0.717, 1.165) is 6.54 Å². The van der Waals surface area contributed by atoms with Crippen LogP contribution in [0.2, 0.25) is 0 Å². The number of benzene rings is 1. The van der Waals surface area contributed by atoms with Gasteiger partial charge in [0.2, 0.25) is 5.91 Å². The maximum atomic E-state index is 12.7. The number of rotatable bonds is 2. The van der Waals surface area contributed by atoms with E-state index in [0.29, 0.717) is 30.2 Å². The molecule has 1 aromatic rings. The fourth-order valence-electron chi connectivity index (χ4n) is 4.20. The highest BCUT2D eigenvalue weighted by Crippen LogP contribution is 2.46. The second-order valence-electron chi connectivity index (χ2n) is 7.96. The number of amides is 1. The molecule has 21 heavy (non-hydrogen) atoms. The first-order valence-electron chi connectivity index (χ1n) is 8.30. The van der Waals surface area contributed by atoms with Crippen LogP contribution in [-0.2, 0) is 4.79 Å². The Hall–Kier alpha value is -1.31. The first kappa shape index (κ1) is 14.6. The third kappa shape index (κ3) is 3.00. The maximum absolute atomic E-state index is 12.7. The molecule has 1 aliphatic carbocycles. The molecule has 1 saturated carbocycles. The Morgan fingerprint density at radius 3 is 2.57 bits per heavy atom. The van der Waals surface area contributed by atoms with Crippen molar-refractivity contribution in [3.8, 4) is 0 Å². The summed E-state index contributed by atoms with van der Waals surface area (Å²) >= 11 is 0. The molecule has 3 unspecified atom stereocenters. The minimum absolute atomic E-state index is 0.0794. The lowest BCUT2D eigenvalue weighted by atomic mass is 9.86. The van der Waals surface area contributed by atoms with Gasteiger partial charge in [-0.1, -0.05) is 57.5 Å². The number of carbonyl (C=O) groups is 1. The van der Waals surface area contributed by atoms with Crippen LogP contribution < -0.4 is 0 Å². The summed E-state index contributed by atoms with van der Waals surface area (Å²) in [7, 11) is 0. The van der Waals surface area contributed by atoms with Gasteiger partial charge in [-0.25, -0.2) is 0 Å². The fraction of sp³-hybridized carbons (Fsp3) is 0.632. The second kappa shape index (κ2) is 5.47. The van der Waals surface area contributed by atoms with Gasteiger partial charge in [0, 0.05) is 24.9 Å². The summed E-state index contributed by atoms with van der Waals surface area (Å²) in [5, 5.41) is 0. The molecule has 2 fully saturated rings. The largest absolute Gasteiger partial charge is 0.339 e. The Labute approximate surface area is 128 Å². The molecule has 114 valence electrons. The van der Waals surface area contributed by atoms with Crippen molar-refractivity contribution in [1.82, 2.24) is 4.90 Å². The zero-order valence-corrected chi connectivity index (χ0v) is 13.5. The molecule has 0 radical (unpaired) electrons. The molecule has 0 N–H and O–H groups in total. The third-order valence-corrected chi connectivity index (χ3v) is 5.07. The molecule has 0 spiro atoms. The van der Waals surface area contributed by atoms with Gasteiger partial charge in [0.1, 0.15) is 0 Å². The summed E-state index contributed by atoms with van der Waals surface area (Å²) in [6.07, 6.45) is 4.42. The summed E-state index contributed by atoms with van der Waals surface area (Å²) in [6.45, 7) is 7.39. The average Bonchev–Trinajstić information content (AvgIpc) is 2.98. The summed E-state index contributed by atoms with van der Waals surface area (Å²) in [4.78, 5) is 14.9. The van der Waals surface area contributed by atoms with Gasteiger partial charge in [0.25, 0.3) is 0 Å². The predicted molar refractivity (Wildman–Crippen MR) is 86.1 cm³/mol. The molecule has 3 rings (SSSR count). The molecule has 1 aromatic carbocycles. The van der Waals surface area contributed by atoms with E-state index in [1.54, 1.807) is 0 Å². The molecular formula is C19H27NO. The van der Waals surface area contributed by atoms with E-state index in [1.807, 2.05) is 0 Å². The topological polar surface area (TPSA) is 20.3 Å². The first-order valence-corrected chi connectivity index (χ1v) is 8.30. The first-order chi connectivity index (χ1) is 9.96. The quantitative estimate of drug-likeness (QED) is 0.797. The molecule has 0 aromatic heterocycles. The molecule has 1 aliphatic heterocycles. The SMILES string of the molecule is CC(C)(C)CC(=O)N1CC(c2ccccc2)C2CCCC21. The zero-order valence-electron chi connectivity index (χ0n) is 13.5. The molecule has 1 saturated heterocycles. The summed E-state index contributed by atoms with van der Waals surface area (Å²) in [6, 6.07) is 11.3. The second-order valence-corrected chi connectivity index (χ2v) is 7.96. The summed E-state index contributed by atoms with van der Waals surface area (Å²) in [5.74, 6) is 1.58. The van der Waals surface area contributed by atoms with E-state index < -0.39 is 0 Å². The molecule has 2 aliphatic rings. The van der Waals surface area contributed by atoms with Crippen LogP contribution in [0.15, 0.2) is 30.3 Å². The van der Waals surface area contributed by atoms with Crippen LogP contribution in [0.25, 0.3) is 0 Å². The van der Waals surface area contributed by atoms with Crippen LogP contribution in [0, 0.1) is 11.3 Å². The normalized spacial score (nSPS) is 28.7. The Kier molecular flexibility index (Phi) is 3.81. The maximum Gasteiger partial charge on any atom is 0.223 e. The van der Waals surface area contributed by atoms with Crippen molar-refractivity contribution < 1.29 is 4.79 Å². The van der Waals surface area contributed by atoms with Crippen molar-refractivity contribution in [3.05, 3.63) is 35.9 Å². The van der Waals surface area contributed by atoms with Gasteiger partial charge in [-0.15, -0.1) is 0 Å². The number of hydrogen-bond acceptors (Lipinski definition) is 1. The Morgan fingerprint density at radius 1 is 1.19 bits per heavy atom. The van der Waals surface area contributed by atoms with E-state index in [4.69, 9.17) is 0 Å². The summed E-state index contributed by atoms with van der Waals surface area (Å²) < 4.78 is 0. The van der Waals surface area contributed by atoms with Gasteiger partial charge in [-0.05, 0) is 29.7 Å². The van der Waals surface area contributed by atoms with Gasteiger partial charge >= 0.3 is 0 Å². The van der Waals surface area contributed by atoms with E-state index in [1.165, 1.54) is 24.8 Å². The van der Waals surface area contributed by atoms with Crippen molar-refractivity contribution in [2.45, 2.75) is 58.4 Å². The molecule has 2 nitrogen and oxygen atoms in total. The van der Waals surface area contributed by atoms with Gasteiger partial charge in [0.05, 0.1) is 0 Å². The lowest BCUT2D eigenvalue weighted by molar-refractivity contribution is -0.134. The van der Waals surface area contributed by atoms with Crippen LogP contribution in [0.4, 0.5) is 0 Å². The standard InChI is InChI=1S/C19H27NO/c1-19(2,3)12-18(21)20-13-16(14-8-5-4-6-9-14)15-10-7-11-17(15)20/h4-6,8-9,15-17H,7,10-13H2,1-3H3. The number of nitrogens with zero attached hydrogens (tertiary/aromatic N) is 1. The van der Waals surface area contributed by atoms with Gasteiger partial charge in [-0.3, -0.25) is 4.79 Å². The molecule has 1 amide bonds. The van der Waals surface area contributed by atoms with Crippen LogP contribution in [0.1, 0.15) is 57.9 Å². The smallest absolute Gasteiger partial charge is 0.223 e. The van der Waals surface area contributed by atoms with Crippen molar-refractivity contribution >= 4 is 5.91 Å². The van der Waals surface area contributed by atoms with Crippen molar-refractivity contribution in [3.63, 3.8) is 0 Å². The Balaban J connectivity index is 1.80. The summed E-state index contributed by atoms with van der Waals surface area (Å²) in [5.41, 5.74) is 1.50. The predicted octanol–water partition coefficient (Wildman–Crippen LogP) is 4.22. The number of likely N-dealkylation sites (tertiary alicyclic amines) is 1. The molecule has 3 atom stereocenters. The zero-order chi connectivity index (χ0) is 15.0. The third-order valence-electron chi connectivity index (χ3n) is 5.07. The molecule has 2 heteroatoms. The lowest BCUT2D eigenvalue weighted by Crippen LogP contribution is -2.37. The van der Waals surface area contributed by atoms with Gasteiger partial charge in [0.15, 0.2) is 0 Å². The van der Waals surface area contributed by atoms with Crippen LogP contribution >= 0.6 is 0 Å².